The Hall–Kier alpha value is -2.74. The highest BCUT2D eigenvalue weighted by Crippen LogP contribution is 2.24. The van der Waals surface area contributed by atoms with Crippen LogP contribution in [0.25, 0.3) is 6.08 Å². The van der Waals surface area contributed by atoms with E-state index in [4.69, 9.17) is 0 Å². The number of carbonyl (C=O) groups is 3. The molecule has 0 aromatic carbocycles. The van der Waals surface area contributed by atoms with Crippen LogP contribution >= 0.6 is 0 Å². The van der Waals surface area contributed by atoms with Crippen LogP contribution < -0.4 is 10.6 Å². The van der Waals surface area contributed by atoms with Crippen LogP contribution in [0.3, 0.4) is 0 Å². The zero-order valence-electron chi connectivity index (χ0n) is 19.5. The SMILES string of the molecule is C/C=C/c1cncc([C@H](CC(=O)O)NC(=O)[C@@H]2CCCN(C(=O)CCC3CCNCC3)C2)c1. The lowest BCUT2D eigenvalue weighted by Gasteiger charge is -2.33. The zero-order valence-corrected chi connectivity index (χ0v) is 19.5. The standard InChI is InChI=1S/C25H36N4O4/c1-2-4-19-13-21(16-27-15-19)22(14-24(31)32)28-25(33)20-5-3-12-29(17-20)23(30)7-6-18-8-10-26-11-9-18/h2,4,13,15-16,18,20,22,26H,3,5-12,14,17H2,1H3,(H,28,33)(H,31,32)/b4-2+/t20-,22+/m1/s1. The second-order valence-corrected chi connectivity index (χ2v) is 9.12. The molecular formula is C25H36N4O4. The van der Waals surface area contributed by atoms with Gasteiger partial charge in [-0.1, -0.05) is 12.2 Å². The van der Waals surface area contributed by atoms with Gasteiger partial charge in [0.15, 0.2) is 0 Å². The Morgan fingerprint density at radius 2 is 2.06 bits per heavy atom. The van der Waals surface area contributed by atoms with Gasteiger partial charge in [-0.25, -0.2) is 0 Å². The van der Waals surface area contributed by atoms with Gasteiger partial charge in [0.2, 0.25) is 11.8 Å². The number of carboxylic acids is 1. The second-order valence-electron chi connectivity index (χ2n) is 9.12. The Morgan fingerprint density at radius 3 is 2.79 bits per heavy atom. The topological polar surface area (TPSA) is 112 Å². The summed E-state index contributed by atoms with van der Waals surface area (Å²) in [4.78, 5) is 43.3. The number of piperidine rings is 2. The number of nitrogens with one attached hydrogen (secondary N) is 2. The number of pyridine rings is 1. The number of aliphatic carboxylic acids is 1. The number of aromatic nitrogens is 1. The fourth-order valence-electron chi connectivity index (χ4n) is 4.74. The Morgan fingerprint density at radius 1 is 1.27 bits per heavy atom. The minimum absolute atomic E-state index is 0.122. The molecule has 1 aromatic rings. The molecule has 1 aromatic heterocycles. The van der Waals surface area contributed by atoms with Crippen molar-refractivity contribution in [3.63, 3.8) is 0 Å². The van der Waals surface area contributed by atoms with Gasteiger partial charge in [-0.05, 0) is 75.2 Å². The minimum atomic E-state index is -0.991. The largest absolute Gasteiger partial charge is 0.481 e. The first-order valence-corrected chi connectivity index (χ1v) is 12.0. The number of allylic oxidation sites excluding steroid dienone is 1. The van der Waals surface area contributed by atoms with Crippen molar-refractivity contribution in [2.24, 2.45) is 11.8 Å². The lowest BCUT2D eigenvalue weighted by Crippen LogP contribution is -2.46. The van der Waals surface area contributed by atoms with Crippen molar-refractivity contribution in [3.05, 3.63) is 35.7 Å². The molecule has 3 heterocycles. The molecule has 3 rings (SSSR count). The smallest absolute Gasteiger partial charge is 0.305 e. The monoisotopic (exact) mass is 456 g/mol. The number of nitrogens with zero attached hydrogens (tertiary/aromatic N) is 2. The van der Waals surface area contributed by atoms with E-state index in [0.717, 1.165) is 44.3 Å². The number of carbonyl (C=O) groups excluding carboxylic acids is 2. The van der Waals surface area contributed by atoms with Gasteiger partial charge in [-0.3, -0.25) is 19.4 Å². The molecule has 2 saturated heterocycles. The molecule has 0 bridgehead atoms. The predicted octanol–water partition coefficient (Wildman–Crippen LogP) is 2.77. The highest BCUT2D eigenvalue weighted by Gasteiger charge is 2.30. The number of rotatable bonds is 9. The number of carboxylic acid groups (broad SMARTS) is 1. The fraction of sp³-hybridized carbons (Fsp3) is 0.600. The number of hydrogen-bond donors (Lipinski definition) is 3. The van der Waals surface area contributed by atoms with Crippen LogP contribution in [0, 0.1) is 11.8 Å². The van der Waals surface area contributed by atoms with E-state index >= 15 is 0 Å². The molecule has 180 valence electrons. The van der Waals surface area contributed by atoms with E-state index < -0.39 is 12.0 Å². The average Bonchev–Trinajstić information content (AvgIpc) is 2.83. The van der Waals surface area contributed by atoms with E-state index in [1.807, 2.05) is 30.0 Å². The fourth-order valence-corrected chi connectivity index (χ4v) is 4.74. The van der Waals surface area contributed by atoms with Crippen LogP contribution in [-0.2, 0) is 14.4 Å². The molecule has 2 aliphatic rings. The summed E-state index contributed by atoms with van der Waals surface area (Å²) < 4.78 is 0. The molecule has 0 radical (unpaired) electrons. The van der Waals surface area contributed by atoms with Crippen LogP contribution in [0.1, 0.15) is 69.0 Å². The van der Waals surface area contributed by atoms with Crippen LogP contribution in [0.4, 0.5) is 0 Å². The summed E-state index contributed by atoms with van der Waals surface area (Å²) in [6, 6.07) is 1.18. The van der Waals surface area contributed by atoms with Gasteiger partial charge in [-0.2, -0.15) is 0 Å². The highest BCUT2D eigenvalue weighted by atomic mass is 16.4. The van der Waals surface area contributed by atoms with Gasteiger partial charge in [0.1, 0.15) is 0 Å². The first-order chi connectivity index (χ1) is 16.0. The molecule has 2 amide bonds. The predicted molar refractivity (Wildman–Crippen MR) is 126 cm³/mol. The molecule has 2 atom stereocenters. The third-order valence-corrected chi connectivity index (χ3v) is 6.61. The summed E-state index contributed by atoms with van der Waals surface area (Å²) in [7, 11) is 0. The Labute approximate surface area is 195 Å². The summed E-state index contributed by atoms with van der Waals surface area (Å²) in [5.74, 6) is -0.799. The van der Waals surface area contributed by atoms with Crippen LogP contribution in [0.15, 0.2) is 24.5 Å². The molecule has 2 fully saturated rings. The van der Waals surface area contributed by atoms with E-state index in [1.165, 1.54) is 0 Å². The maximum absolute atomic E-state index is 13.1. The molecule has 33 heavy (non-hydrogen) atoms. The van der Waals surface area contributed by atoms with E-state index in [1.54, 1.807) is 12.4 Å². The molecular weight excluding hydrogens is 420 g/mol. The molecule has 3 N–H and O–H groups in total. The minimum Gasteiger partial charge on any atom is -0.481 e. The Kier molecular flexibility index (Phi) is 9.42. The Bertz CT molecular complexity index is 851. The molecule has 8 heteroatoms. The highest BCUT2D eigenvalue weighted by molar-refractivity contribution is 5.82. The van der Waals surface area contributed by atoms with E-state index in [2.05, 4.69) is 15.6 Å². The van der Waals surface area contributed by atoms with Crippen molar-refractivity contribution in [1.29, 1.82) is 0 Å². The van der Waals surface area contributed by atoms with Gasteiger partial charge >= 0.3 is 5.97 Å². The van der Waals surface area contributed by atoms with Crippen LogP contribution in [0.5, 0.6) is 0 Å². The van der Waals surface area contributed by atoms with Crippen molar-refractivity contribution in [2.45, 2.75) is 57.9 Å². The second kappa shape index (κ2) is 12.5. The van der Waals surface area contributed by atoms with Crippen molar-refractivity contribution in [1.82, 2.24) is 20.5 Å². The summed E-state index contributed by atoms with van der Waals surface area (Å²) in [5, 5.41) is 15.6. The van der Waals surface area contributed by atoms with Gasteiger partial charge in [-0.15, -0.1) is 0 Å². The molecule has 0 saturated carbocycles. The summed E-state index contributed by atoms with van der Waals surface area (Å²) >= 11 is 0. The number of likely N-dealkylation sites (tertiary alicyclic amines) is 1. The van der Waals surface area contributed by atoms with E-state index in [-0.39, 0.29) is 24.2 Å². The lowest BCUT2D eigenvalue weighted by molar-refractivity contribution is -0.138. The maximum Gasteiger partial charge on any atom is 0.305 e. The van der Waals surface area contributed by atoms with Crippen molar-refractivity contribution >= 4 is 23.9 Å². The first kappa shape index (κ1) is 24.9. The molecule has 8 nitrogen and oxygen atoms in total. The van der Waals surface area contributed by atoms with Gasteiger partial charge in [0, 0.05) is 31.9 Å². The van der Waals surface area contributed by atoms with Gasteiger partial charge < -0.3 is 20.6 Å². The van der Waals surface area contributed by atoms with Crippen molar-refractivity contribution < 1.29 is 19.5 Å². The van der Waals surface area contributed by atoms with Crippen molar-refractivity contribution in [3.8, 4) is 0 Å². The third kappa shape index (κ3) is 7.67. The molecule has 0 unspecified atom stereocenters. The maximum atomic E-state index is 13.1. The quantitative estimate of drug-likeness (QED) is 0.527. The third-order valence-electron chi connectivity index (χ3n) is 6.61. The zero-order chi connectivity index (χ0) is 23.6. The van der Waals surface area contributed by atoms with Gasteiger partial charge in [0.05, 0.1) is 18.4 Å². The molecule has 0 spiro atoms. The van der Waals surface area contributed by atoms with Crippen LogP contribution in [-0.4, -0.2) is 59.0 Å². The number of hydrogen-bond acceptors (Lipinski definition) is 5. The van der Waals surface area contributed by atoms with E-state index in [0.29, 0.717) is 37.4 Å². The summed E-state index contributed by atoms with van der Waals surface area (Å²) in [6.45, 7) is 5.02. The first-order valence-electron chi connectivity index (χ1n) is 12.0. The lowest BCUT2D eigenvalue weighted by atomic mass is 9.92. The molecule has 2 aliphatic heterocycles. The van der Waals surface area contributed by atoms with E-state index in [9.17, 15) is 19.5 Å². The summed E-state index contributed by atoms with van der Waals surface area (Å²) in [6.07, 6.45) is 12.0. The summed E-state index contributed by atoms with van der Waals surface area (Å²) in [5.41, 5.74) is 1.51. The average molecular weight is 457 g/mol. The number of amides is 2. The van der Waals surface area contributed by atoms with Gasteiger partial charge in [0.25, 0.3) is 0 Å². The van der Waals surface area contributed by atoms with Crippen molar-refractivity contribution in [2.75, 3.05) is 26.2 Å². The Balaban J connectivity index is 1.59. The normalized spacial score (nSPS) is 20.5. The van der Waals surface area contributed by atoms with Crippen LogP contribution in [0.2, 0.25) is 0 Å². The molecule has 0 aliphatic carbocycles.